The standard InChI is InChI=1S/C33H28FN7O4S2/c1-21-25(9-5-10-27(21)41(44)45)32(43)35-18-30-36-37-33(39(30)19-22-7-3-2-4-8-22)47-20-31(42)40-28(23-12-14-24(34)15-13-23)17-26(38-40)29-11-6-16-46-29/h2-16,28H,17-20H2,1H3,(H,35,43)/t28-/m0/s1. The molecule has 3 heterocycles. The van der Waals surface area contributed by atoms with Crippen LogP contribution >= 0.6 is 23.1 Å². The lowest BCUT2D eigenvalue weighted by molar-refractivity contribution is -0.385. The highest BCUT2D eigenvalue weighted by Gasteiger charge is 2.33. The molecule has 238 valence electrons. The zero-order chi connectivity index (χ0) is 32.9. The Kier molecular flexibility index (Phi) is 9.50. The summed E-state index contributed by atoms with van der Waals surface area (Å²) in [6.07, 6.45) is 0.501. The number of carbonyl (C=O) groups excluding carboxylic acids is 2. The lowest BCUT2D eigenvalue weighted by Crippen LogP contribution is -2.28. The van der Waals surface area contributed by atoms with E-state index < -0.39 is 10.8 Å². The molecule has 1 aliphatic heterocycles. The molecule has 0 bridgehead atoms. The van der Waals surface area contributed by atoms with Crippen molar-refractivity contribution in [3.05, 3.63) is 139 Å². The van der Waals surface area contributed by atoms with Gasteiger partial charge < -0.3 is 9.88 Å². The van der Waals surface area contributed by atoms with Crippen LogP contribution in [-0.2, 0) is 17.9 Å². The van der Waals surface area contributed by atoms with Gasteiger partial charge in [0.2, 0.25) is 0 Å². The average molecular weight is 670 g/mol. The molecule has 11 nitrogen and oxygen atoms in total. The fraction of sp³-hybridized carbons (Fsp3) is 0.182. The van der Waals surface area contributed by atoms with E-state index in [9.17, 15) is 24.1 Å². The van der Waals surface area contributed by atoms with Crippen LogP contribution in [0.3, 0.4) is 0 Å². The summed E-state index contributed by atoms with van der Waals surface area (Å²) in [5.74, 6) is -0.634. The first-order valence-corrected chi connectivity index (χ1v) is 16.4. The van der Waals surface area contributed by atoms with Crippen LogP contribution in [0.2, 0.25) is 0 Å². The van der Waals surface area contributed by atoms with Crippen LogP contribution < -0.4 is 5.32 Å². The summed E-state index contributed by atoms with van der Waals surface area (Å²) in [4.78, 5) is 38.6. The van der Waals surface area contributed by atoms with Crippen LogP contribution in [-0.4, -0.2) is 48.0 Å². The number of hydrogen-bond acceptors (Lipinski definition) is 9. The van der Waals surface area contributed by atoms with Crippen LogP contribution in [0, 0.1) is 22.9 Å². The number of amides is 2. The van der Waals surface area contributed by atoms with Crippen LogP contribution in [0.1, 0.15) is 50.2 Å². The number of nitrogens with zero attached hydrogens (tertiary/aromatic N) is 6. The van der Waals surface area contributed by atoms with E-state index in [1.54, 1.807) is 23.5 Å². The number of benzene rings is 3. The third-order valence-electron chi connectivity index (χ3n) is 7.68. The SMILES string of the molecule is Cc1c(C(=O)NCc2nnc(SCC(=O)N3N=C(c4cccs4)C[C@H]3c3ccc(F)cc3)n2Cc2ccccc2)cccc1[N+](=O)[O-]. The summed E-state index contributed by atoms with van der Waals surface area (Å²) in [5, 5.41) is 31.4. The molecule has 5 aromatic rings. The molecule has 2 amide bonds. The largest absolute Gasteiger partial charge is 0.345 e. The second-order valence-corrected chi connectivity index (χ2v) is 12.6. The van der Waals surface area contributed by atoms with E-state index in [-0.39, 0.29) is 46.9 Å². The first-order valence-electron chi connectivity index (χ1n) is 14.6. The molecule has 2 aromatic heterocycles. The molecule has 6 rings (SSSR count). The summed E-state index contributed by atoms with van der Waals surface area (Å²) < 4.78 is 15.5. The van der Waals surface area contributed by atoms with Crippen LogP contribution in [0.25, 0.3) is 0 Å². The van der Waals surface area contributed by atoms with Crippen molar-refractivity contribution in [2.75, 3.05) is 5.75 Å². The monoisotopic (exact) mass is 669 g/mol. The molecule has 0 radical (unpaired) electrons. The van der Waals surface area contributed by atoms with E-state index in [1.165, 1.54) is 54.0 Å². The van der Waals surface area contributed by atoms with Crippen molar-refractivity contribution in [2.45, 2.75) is 37.6 Å². The number of hydrogen-bond donors (Lipinski definition) is 1. The zero-order valence-corrected chi connectivity index (χ0v) is 26.7. The molecule has 0 aliphatic carbocycles. The average Bonchev–Trinajstić information content (AvgIpc) is 3.84. The predicted molar refractivity (Wildman–Crippen MR) is 177 cm³/mol. The number of nitro groups is 1. The fourth-order valence-corrected chi connectivity index (χ4v) is 6.80. The molecule has 3 aromatic carbocycles. The van der Waals surface area contributed by atoms with Crippen LogP contribution in [0.5, 0.6) is 0 Å². The molecule has 1 aliphatic rings. The van der Waals surface area contributed by atoms with Crippen molar-refractivity contribution in [3.63, 3.8) is 0 Å². The van der Waals surface area contributed by atoms with E-state index >= 15 is 0 Å². The van der Waals surface area contributed by atoms with Gasteiger partial charge in [0.25, 0.3) is 17.5 Å². The van der Waals surface area contributed by atoms with Gasteiger partial charge >= 0.3 is 0 Å². The van der Waals surface area contributed by atoms with Gasteiger partial charge in [-0.3, -0.25) is 19.7 Å². The molecular weight excluding hydrogens is 642 g/mol. The maximum atomic E-state index is 13.7. The first kappa shape index (κ1) is 31.8. The number of aromatic nitrogens is 3. The predicted octanol–water partition coefficient (Wildman–Crippen LogP) is 6.14. The molecule has 0 saturated heterocycles. The summed E-state index contributed by atoms with van der Waals surface area (Å²) >= 11 is 2.74. The highest BCUT2D eigenvalue weighted by molar-refractivity contribution is 7.99. The number of hydrazone groups is 1. The minimum absolute atomic E-state index is 0.00252. The molecule has 0 saturated carbocycles. The number of thioether (sulfide) groups is 1. The third-order valence-corrected chi connectivity index (χ3v) is 9.55. The Morgan fingerprint density at radius 1 is 1.04 bits per heavy atom. The quantitative estimate of drug-likeness (QED) is 0.101. The lowest BCUT2D eigenvalue weighted by atomic mass is 10.0. The van der Waals surface area contributed by atoms with Gasteiger partial charge in [0.15, 0.2) is 11.0 Å². The number of thiophene rings is 1. The normalized spacial score (nSPS) is 14.2. The second-order valence-electron chi connectivity index (χ2n) is 10.7. The summed E-state index contributed by atoms with van der Waals surface area (Å²) in [6.45, 7) is 1.92. The maximum absolute atomic E-state index is 13.7. The van der Waals surface area contributed by atoms with Crippen molar-refractivity contribution in [3.8, 4) is 0 Å². The van der Waals surface area contributed by atoms with E-state index in [0.29, 0.717) is 23.9 Å². The van der Waals surface area contributed by atoms with Crippen molar-refractivity contribution in [1.29, 1.82) is 0 Å². The number of carbonyl (C=O) groups is 2. The Morgan fingerprint density at radius 3 is 2.55 bits per heavy atom. The van der Waals surface area contributed by atoms with Crippen molar-refractivity contribution in [2.24, 2.45) is 5.10 Å². The van der Waals surface area contributed by atoms with Crippen molar-refractivity contribution in [1.82, 2.24) is 25.1 Å². The van der Waals surface area contributed by atoms with Crippen LogP contribution in [0.15, 0.2) is 101 Å². The smallest absolute Gasteiger partial charge is 0.273 e. The maximum Gasteiger partial charge on any atom is 0.273 e. The van der Waals surface area contributed by atoms with Crippen molar-refractivity contribution >= 4 is 46.3 Å². The minimum Gasteiger partial charge on any atom is -0.345 e. The Hall–Kier alpha value is -5.21. The summed E-state index contributed by atoms with van der Waals surface area (Å²) in [5.41, 5.74) is 2.85. The van der Waals surface area contributed by atoms with Gasteiger partial charge in [-0.05, 0) is 47.7 Å². The lowest BCUT2D eigenvalue weighted by Gasteiger charge is -2.22. The van der Waals surface area contributed by atoms with Gasteiger partial charge in [0.1, 0.15) is 5.82 Å². The molecule has 1 atom stereocenters. The number of nitrogens with one attached hydrogen (secondary N) is 1. The molecule has 47 heavy (non-hydrogen) atoms. The topological polar surface area (TPSA) is 136 Å². The first-order chi connectivity index (χ1) is 22.8. The Bertz CT molecular complexity index is 1950. The molecular formula is C33H28FN7O4S2. The molecule has 0 unspecified atom stereocenters. The van der Waals surface area contributed by atoms with Gasteiger partial charge in [-0.1, -0.05) is 66.4 Å². The molecule has 0 spiro atoms. The number of halogens is 1. The zero-order valence-electron chi connectivity index (χ0n) is 25.1. The molecule has 0 fully saturated rings. The fourth-order valence-electron chi connectivity index (χ4n) is 5.27. The summed E-state index contributed by atoms with van der Waals surface area (Å²) in [7, 11) is 0. The molecule has 14 heteroatoms. The molecule has 1 N–H and O–H groups in total. The number of nitro benzene ring substituents is 1. The van der Waals surface area contributed by atoms with Crippen LogP contribution in [0.4, 0.5) is 10.1 Å². The second kappa shape index (κ2) is 14.1. The third kappa shape index (κ3) is 7.13. The van der Waals surface area contributed by atoms with Crippen molar-refractivity contribution < 1.29 is 18.9 Å². The van der Waals surface area contributed by atoms with E-state index in [2.05, 4.69) is 15.5 Å². The van der Waals surface area contributed by atoms with Gasteiger partial charge in [-0.2, -0.15) is 5.10 Å². The Morgan fingerprint density at radius 2 is 1.83 bits per heavy atom. The highest BCUT2D eigenvalue weighted by Crippen LogP contribution is 2.35. The van der Waals surface area contributed by atoms with E-state index in [4.69, 9.17) is 5.10 Å². The Labute approximate surface area is 277 Å². The van der Waals surface area contributed by atoms with E-state index in [0.717, 1.165) is 21.7 Å². The van der Waals surface area contributed by atoms with E-state index in [1.807, 2.05) is 52.4 Å². The van der Waals surface area contributed by atoms with Gasteiger partial charge in [-0.15, -0.1) is 21.5 Å². The summed E-state index contributed by atoms with van der Waals surface area (Å²) in [6, 6.07) is 23.6. The van der Waals surface area contributed by atoms with Gasteiger partial charge in [0.05, 0.1) is 40.4 Å². The van der Waals surface area contributed by atoms with Gasteiger partial charge in [0, 0.05) is 23.6 Å². The number of rotatable bonds is 11. The minimum atomic E-state index is -0.522. The van der Waals surface area contributed by atoms with Gasteiger partial charge in [-0.25, -0.2) is 9.40 Å². The Balaban J connectivity index is 1.21. The highest BCUT2D eigenvalue weighted by atomic mass is 32.2.